The number of aryl methyl sites for hydroxylation is 1. The normalized spacial score (nSPS) is 11.8. The van der Waals surface area contributed by atoms with Crippen LogP contribution in [-0.4, -0.2) is 22.0 Å². The van der Waals surface area contributed by atoms with Gasteiger partial charge in [0.25, 0.3) is 5.91 Å². The van der Waals surface area contributed by atoms with Crippen molar-refractivity contribution in [3.8, 4) is 0 Å². The Bertz CT molecular complexity index is 1310. The smallest absolute Gasteiger partial charge is 0.258 e. The third-order valence-corrected chi connectivity index (χ3v) is 6.69. The van der Waals surface area contributed by atoms with Gasteiger partial charge in [-0.3, -0.25) is 9.59 Å². The van der Waals surface area contributed by atoms with Crippen molar-refractivity contribution in [1.29, 1.82) is 0 Å². The van der Waals surface area contributed by atoms with Gasteiger partial charge in [0.05, 0.1) is 21.0 Å². The summed E-state index contributed by atoms with van der Waals surface area (Å²) in [5.41, 5.74) is 2.50. The molecule has 4 aromatic rings. The molecule has 0 aliphatic rings. The molecule has 1 aromatic heterocycles. The molecule has 2 N–H and O–H groups in total. The number of aromatic nitrogens is 1. The van der Waals surface area contributed by atoms with E-state index in [0.29, 0.717) is 10.8 Å². The van der Waals surface area contributed by atoms with Crippen LogP contribution < -0.4 is 10.6 Å². The highest BCUT2D eigenvalue weighted by Crippen LogP contribution is 2.29. The van der Waals surface area contributed by atoms with Crippen LogP contribution in [0.4, 0.5) is 15.2 Å². The quantitative estimate of drug-likeness (QED) is 0.337. The fraction of sp³-hybridized carbons (Fsp3) is 0.125. The minimum absolute atomic E-state index is 0.0238. The highest BCUT2D eigenvalue weighted by atomic mass is 32.2. The van der Waals surface area contributed by atoms with Crippen molar-refractivity contribution in [2.75, 3.05) is 10.6 Å². The molecule has 0 aliphatic carbocycles. The van der Waals surface area contributed by atoms with Crippen molar-refractivity contribution < 1.29 is 14.0 Å². The number of hydrogen-bond acceptors (Lipinski definition) is 5. The van der Waals surface area contributed by atoms with Crippen LogP contribution in [0, 0.1) is 12.7 Å². The molecule has 2 amide bonds. The van der Waals surface area contributed by atoms with Crippen LogP contribution in [0.15, 0.2) is 71.6 Å². The number of amides is 2. The first kappa shape index (κ1) is 22.0. The third kappa shape index (κ3) is 5.15. The molecule has 5 nitrogen and oxygen atoms in total. The van der Waals surface area contributed by atoms with Gasteiger partial charge in [0.1, 0.15) is 5.82 Å². The van der Waals surface area contributed by atoms with E-state index in [1.54, 1.807) is 24.3 Å². The number of carbonyl (C=O) groups excluding carboxylic acids is 2. The third-order valence-electron chi connectivity index (χ3n) is 4.67. The van der Waals surface area contributed by atoms with Crippen molar-refractivity contribution in [3.63, 3.8) is 0 Å². The van der Waals surface area contributed by atoms with Gasteiger partial charge in [-0.1, -0.05) is 35.6 Å². The van der Waals surface area contributed by atoms with Gasteiger partial charge in [-0.15, -0.1) is 11.8 Å². The fourth-order valence-electron chi connectivity index (χ4n) is 3.04. The van der Waals surface area contributed by atoms with E-state index in [4.69, 9.17) is 0 Å². The topological polar surface area (TPSA) is 71.1 Å². The van der Waals surface area contributed by atoms with Gasteiger partial charge in [-0.25, -0.2) is 9.37 Å². The number of halogens is 1. The lowest BCUT2D eigenvalue weighted by Crippen LogP contribution is -2.22. The van der Waals surface area contributed by atoms with E-state index in [2.05, 4.69) is 15.6 Å². The number of anilines is 2. The van der Waals surface area contributed by atoms with Crippen LogP contribution in [0.25, 0.3) is 10.2 Å². The molecule has 8 heteroatoms. The first-order valence-corrected chi connectivity index (χ1v) is 11.6. The van der Waals surface area contributed by atoms with Gasteiger partial charge in [-0.05, 0) is 61.9 Å². The number of nitrogens with one attached hydrogen (secondary N) is 2. The van der Waals surface area contributed by atoms with Crippen LogP contribution >= 0.6 is 23.1 Å². The van der Waals surface area contributed by atoms with Crippen molar-refractivity contribution in [3.05, 3.63) is 83.7 Å². The molecule has 162 valence electrons. The van der Waals surface area contributed by atoms with Crippen molar-refractivity contribution in [2.24, 2.45) is 0 Å². The standard InChI is InChI=1S/C24H20FN3O2S2/c1-14-10-11-20-21(12-14)32-24(27-20)28-22(29)15(2)31-17-7-5-6-16(13-17)26-23(30)18-8-3-4-9-19(18)25/h3-13,15H,1-2H3,(H,26,30)(H,27,28,29). The summed E-state index contributed by atoms with van der Waals surface area (Å²) in [6.45, 7) is 3.82. The van der Waals surface area contributed by atoms with Gasteiger partial charge in [0.2, 0.25) is 5.91 Å². The van der Waals surface area contributed by atoms with Crippen molar-refractivity contribution in [2.45, 2.75) is 24.0 Å². The van der Waals surface area contributed by atoms with E-state index < -0.39 is 11.7 Å². The zero-order valence-electron chi connectivity index (χ0n) is 17.4. The van der Waals surface area contributed by atoms with E-state index in [1.165, 1.54) is 41.3 Å². The molecule has 0 saturated heterocycles. The summed E-state index contributed by atoms with van der Waals surface area (Å²) in [6, 6.07) is 18.9. The summed E-state index contributed by atoms with van der Waals surface area (Å²) < 4.78 is 14.9. The average molecular weight is 466 g/mol. The first-order chi connectivity index (χ1) is 15.4. The second kappa shape index (κ2) is 9.50. The number of thiazole rings is 1. The van der Waals surface area contributed by atoms with Crippen LogP contribution in [0.1, 0.15) is 22.8 Å². The number of carbonyl (C=O) groups is 2. The van der Waals surface area contributed by atoms with Crippen LogP contribution in [-0.2, 0) is 4.79 Å². The summed E-state index contributed by atoms with van der Waals surface area (Å²) in [4.78, 5) is 30.3. The largest absolute Gasteiger partial charge is 0.322 e. The highest BCUT2D eigenvalue weighted by molar-refractivity contribution is 8.00. The Hall–Kier alpha value is -3.23. The Morgan fingerprint density at radius 1 is 1.03 bits per heavy atom. The van der Waals surface area contributed by atoms with Gasteiger partial charge in [-0.2, -0.15) is 0 Å². The zero-order chi connectivity index (χ0) is 22.7. The summed E-state index contributed by atoms with van der Waals surface area (Å²) in [6.07, 6.45) is 0. The minimum atomic E-state index is -0.578. The lowest BCUT2D eigenvalue weighted by atomic mass is 10.2. The molecule has 0 radical (unpaired) electrons. The summed E-state index contributed by atoms with van der Waals surface area (Å²) in [7, 11) is 0. The van der Waals surface area contributed by atoms with Crippen LogP contribution in [0.2, 0.25) is 0 Å². The lowest BCUT2D eigenvalue weighted by Gasteiger charge is -2.12. The Labute approximate surface area is 193 Å². The fourth-order valence-corrected chi connectivity index (χ4v) is 4.93. The van der Waals surface area contributed by atoms with Crippen LogP contribution in [0.5, 0.6) is 0 Å². The molecule has 0 fully saturated rings. The number of rotatable bonds is 6. The maximum atomic E-state index is 13.8. The maximum absolute atomic E-state index is 13.8. The predicted octanol–water partition coefficient (Wildman–Crippen LogP) is 6.12. The van der Waals surface area contributed by atoms with Gasteiger partial charge < -0.3 is 10.6 Å². The number of nitrogens with zero attached hydrogens (tertiary/aromatic N) is 1. The van der Waals surface area contributed by atoms with E-state index in [0.717, 1.165) is 20.7 Å². The molecular weight excluding hydrogens is 445 g/mol. The summed E-state index contributed by atoms with van der Waals surface area (Å²) in [5, 5.41) is 5.76. The molecule has 1 heterocycles. The number of thioether (sulfide) groups is 1. The maximum Gasteiger partial charge on any atom is 0.258 e. The molecule has 0 spiro atoms. The van der Waals surface area contributed by atoms with Gasteiger partial charge >= 0.3 is 0 Å². The Kier molecular flexibility index (Phi) is 6.53. The SMILES string of the molecule is Cc1ccc2nc(NC(=O)C(C)Sc3cccc(NC(=O)c4ccccc4F)c3)sc2c1. The molecular formula is C24H20FN3O2S2. The van der Waals surface area contributed by atoms with Crippen LogP contribution in [0.3, 0.4) is 0 Å². The minimum Gasteiger partial charge on any atom is -0.322 e. The number of hydrogen-bond donors (Lipinski definition) is 2. The molecule has 0 bridgehead atoms. The molecule has 0 saturated carbocycles. The highest BCUT2D eigenvalue weighted by Gasteiger charge is 2.17. The van der Waals surface area contributed by atoms with Gasteiger partial charge in [0.15, 0.2) is 5.13 Å². The molecule has 0 aliphatic heterocycles. The second-order valence-electron chi connectivity index (χ2n) is 7.20. The summed E-state index contributed by atoms with van der Waals surface area (Å²) >= 11 is 2.80. The first-order valence-electron chi connectivity index (χ1n) is 9.90. The molecule has 3 aromatic carbocycles. The van der Waals surface area contributed by atoms with Crippen molar-refractivity contribution >= 4 is 55.9 Å². The number of benzene rings is 3. The monoisotopic (exact) mass is 465 g/mol. The molecule has 1 atom stereocenters. The number of fused-ring (bicyclic) bond motifs is 1. The second-order valence-corrected chi connectivity index (χ2v) is 9.65. The molecule has 32 heavy (non-hydrogen) atoms. The molecule has 4 rings (SSSR count). The van der Waals surface area contributed by atoms with E-state index in [9.17, 15) is 14.0 Å². The van der Waals surface area contributed by atoms with E-state index in [-0.39, 0.29) is 16.7 Å². The Morgan fingerprint density at radius 3 is 2.66 bits per heavy atom. The lowest BCUT2D eigenvalue weighted by molar-refractivity contribution is -0.115. The summed E-state index contributed by atoms with van der Waals surface area (Å²) in [5.74, 6) is -1.26. The zero-order valence-corrected chi connectivity index (χ0v) is 19.0. The van der Waals surface area contributed by atoms with Crippen molar-refractivity contribution in [1.82, 2.24) is 4.98 Å². The van der Waals surface area contributed by atoms with E-state index >= 15 is 0 Å². The van der Waals surface area contributed by atoms with E-state index in [1.807, 2.05) is 38.1 Å². The molecule has 1 unspecified atom stereocenters. The predicted molar refractivity (Wildman–Crippen MR) is 129 cm³/mol. The average Bonchev–Trinajstić information content (AvgIpc) is 3.15. The Morgan fingerprint density at radius 2 is 1.84 bits per heavy atom. The van der Waals surface area contributed by atoms with Gasteiger partial charge in [0, 0.05) is 10.6 Å². The Balaban J connectivity index is 1.40.